The van der Waals surface area contributed by atoms with Crippen LogP contribution in [0.15, 0.2) is 36.5 Å². The van der Waals surface area contributed by atoms with E-state index < -0.39 is 74.2 Å². The van der Waals surface area contributed by atoms with Gasteiger partial charge in [0.1, 0.15) is 36.6 Å². The smallest absolute Gasteiger partial charge is 0.249 e. The van der Waals surface area contributed by atoms with Gasteiger partial charge in [0.15, 0.2) is 6.29 Å². The molecule has 0 spiro atoms. The maximum absolute atomic E-state index is 13.0. The number of aliphatic hydroxyl groups is 7. The number of hydrogen-bond donors (Lipinski definition) is 8. The van der Waals surface area contributed by atoms with Gasteiger partial charge in [0.05, 0.1) is 25.4 Å². The summed E-state index contributed by atoms with van der Waals surface area (Å²) in [6, 6.07) is -1.19. The van der Waals surface area contributed by atoms with Crippen molar-refractivity contribution in [2.24, 2.45) is 0 Å². The first-order valence-corrected chi connectivity index (χ1v) is 22.4. The fourth-order valence-electron chi connectivity index (χ4n) is 6.86. The van der Waals surface area contributed by atoms with E-state index in [2.05, 4.69) is 55.6 Å². The molecule has 0 aromatic rings. The fourth-order valence-corrected chi connectivity index (χ4v) is 6.86. The van der Waals surface area contributed by atoms with E-state index in [9.17, 15) is 40.5 Å². The summed E-state index contributed by atoms with van der Waals surface area (Å²) >= 11 is 0. The zero-order chi connectivity index (χ0) is 41.2. The van der Waals surface area contributed by atoms with E-state index in [1.165, 1.54) is 77.0 Å². The standard InChI is InChI=1S/C45H83NO10/c1-3-5-7-9-11-13-15-17-19-21-23-25-27-29-31-33-38(49)44(54)46-36(35-55-45-43(53)42(52)41(51)39(34-47)56-45)40(50)37(48)32-30-28-26-24-22-20-18-16-14-12-10-8-6-4-2/h16,18-19,21,24,26,36-43,45,47-53H,3-15,17,20,22-23,25,27-35H2,1-2H3,(H,46,54)/b18-16+,21-19-,26-24+. The molecule has 1 saturated heterocycles. The van der Waals surface area contributed by atoms with Crippen molar-refractivity contribution < 1.29 is 50.0 Å². The minimum absolute atomic E-state index is 0.236. The minimum Gasteiger partial charge on any atom is -0.394 e. The van der Waals surface area contributed by atoms with Crippen LogP contribution in [0.1, 0.15) is 174 Å². The first kappa shape index (κ1) is 52.3. The Morgan fingerprint density at radius 3 is 1.59 bits per heavy atom. The van der Waals surface area contributed by atoms with Gasteiger partial charge in [-0.3, -0.25) is 4.79 Å². The summed E-state index contributed by atoms with van der Waals surface area (Å²) in [6.45, 7) is 3.37. The number of amides is 1. The van der Waals surface area contributed by atoms with Crippen molar-refractivity contribution in [2.75, 3.05) is 13.2 Å². The predicted octanol–water partition coefficient (Wildman–Crippen LogP) is 6.83. The third kappa shape index (κ3) is 25.0. The van der Waals surface area contributed by atoms with Gasteiger partial charge in [-0.2, -0.15) is 0 Å². The number of rotatable bonds is 36. The lowest BCUT2D eigenvalue weighted by molar-refractivity contribution is -0.303. The average Bonchev–Trinajstić information content (AvgIpc) is 3.20. The summed E-state index contributed by atoms with van der Waals surface area (Å²) in [7, 11) is 0. The molecule has 1 rings (SSSR count). The van der Waals surface area contributed by atoms with Crippen molar-refractivity contribution >= 4 is 5.91 Å². The molecule has 56 heavy (non-hydrogen) atoms. The van der Waals surface area contributed by atoms with E-state index in [0.29, 0.717) is 19.3 Å². The third-order valence-electron chi connectivity index (χ3n) is 10.6. The number of allylic oxidation sites excluding steroid dienone is 6. The Bertz CT molecular complexity index is 1010. The van der Waals surface area contributed by atoms with Crippen LogP contribution in [0, 0.1) is 0 Å². The highest BCUT2D eigenvalue weighted by atomic mass is 16.7. The first-order chi connectivity index (χ1) is 27.2. The Morgan fingerprint density at radius 2 is 1.07 bits per heavy atom. The van der Waals surface area contributed by atoms with Crippen molar-refractivity contribution in [3.63, 3.8) is 0 Å². The predicted molar refractivity (Wildman–Crippen MR) is 224 cm³/mol. The number of nitrogens with one attached hydrogen (secondary N) is 1. The molecule has 0 saturated carbocycles. The second kappa shape index (κ2) is 35.3. The van der Waals surface area contributed by atoms with Crippen molar-refractivity contribution in [3.05, 3.63) is 36.5 Å². The van der Waals surface area contributed by atoms with Crippen LogP contribution >= 0.6 is 0 Å². The number of aliphatic hydroxyl groups excluding tert-OH is 7. The van der Waals surface area contributed by atoms with Crippen LogP contribution in [0.3, 0.4) is 0 Å². The molecule has 1 aliphatic rings. The molecule has 0 aromatic carbocycles. The first-order valence-electron chi connectivity index (χ1n) is 22.4. The summed E-state index contributed by atoms with van der Waals surface area (Å²) in [4.78, 5) is 13.0. The zero-order valence-corrected chi connectivity index (χ0v) is 35.1. The van der Waals surface area contributed by atoms with Gasteiger partial charge >= 0.3 is 0 Å². The van der Waals surface area contributed by atoms with Crippen LogP contribution in [0.25, 0.3) is 0 Å². The summed E-state index contributed by atoms with van der Waals surface area (Å²) in [5.74, 6) is -0.722. The Hall–Kier alpha value is -1.67. The Kier molecular flexibility index (Phi) is 33.0. The van der Waals surface area contributed by atoms with Crippen LogP contribution in [0.2, 0.25) is 0 Å². The highest BCUT2D eigenvalue weighted by Crippen LogP contribution is 2.23. The van der Waals surface area contributed by atoms with Gasteiger partial charge in [0.25, 0.3) is 0 Å². The van der Waals surface area contributed by atoms with Gasteiger partial charge in [-0.05, 0) is 77.0 Å². The van der Waals surface area contributed by atoms with Crippen LogP contribution in [-0.2, 0) is 14.3 Å². The molecular formula is C45H83NO10. The monoisotopic (exact) mass is 798 g/mol. The molecule has 11 nitrogen and oxygen atoms in total. The molecule has 11 heteroatoms. The third-order valence-corrected chi connectivity index (χ3v) is 10.6. The summed E-state index contributed by atoms with van der Waals surface area (Å²) in [5.41, 5.74) is 0. The van der Waals surface area contributed by atoms with Crippen molar-refractivity contribution in [1.29, 1.82) is 0 Å². The Morgan fingerprint density at radius 1 is 0.607 bits per heavy atom. The lowest BCUT2D eigenvalue weighted by Gasteiger charge is -2.40. The van der Waals surface area contributed by atoms with Gasteiger partial charge in [-0.1, -0.05) is 134 Å². The van der Waals surface area contributed by atoms with Gasteiger partial charge in [-0.15, -0.1) is 0 Å². The number of hydrogen-bond acceptors (Lipinski definition) is 10. The van der Waals surface area contributed by atoms with Gasteiger partial charge < -0.3 is 50.5 Å². The average molecular weight is 798 g/mol. The van der Waals surface area contributed by atoms with Gasteiger partial charge in [-0.25, -0.2) is 0 Å². The summed E-state index contributed by atoms with van der Waals surface area (Å²) in [6.07, 6.45) is 27.6. The van der Waals surface area contributed by atoms with E-state index in [0.717, 1.165) is 51.4 Å². The van der Waals surface area contributed by atoms with Crippen molar-refractivity contribution in [1.82, 2.24) is 5.32 Å². The molecular weight excluding hydrogens is 714 g/mol. The summed E-state index contributed by atoms with van der Waals surface area (Å²) in [5, 5.41) is 75.5. The molecule has 0 bridgehead atoms. The van der Waals surface area contributed by atoms with Crippen LogP contribution in [0.5, 0.6) is 0 Å². The fraction of sp³-hybridized carbons (Fsp3) is 0.844. The molecule has 1 fully saturated rings. The normalized spacial score (nSPS) is 22.6. The molecule has 8 N–H and O–H groups in total. The molecule has 328 valence electrons. The largest absolute Gasteiger partial charge is 0.394 e. The molecule has 1 aliphatic heterocycles. The molecule has 0 radical (unpaired) electrons. The van der Waals surface area contributed by atoms with E-state index in [1.807, 2.05) is 0 Å². The van der Waals surface area contributed by atoms with E-state index in [1.54, 1.807) is 0 Å². The van der Waals surface area contributed by atoms with Crippen molar-refractivity contribution in [3.8, 4) is 0 Å². The SMILES string of the molecule is CCCCCCC/C=C/CC/C=C/CCCC(O)C(O)C(COC1OC(CO)C(O)C(O)C1O)NC(=O)C(O)CCCCCC/C=C\CCCCCCCCC. The zero-order valence-electron chi connectivity index (χ0n) is 35.1. The van der Waals surface area contributed by atoms with Gasteiger partial charge in [0.2, 0.25) is 5.91 Å². The lowest BCUT2D eigenvalue weighted by atomic mass is 9.98. The van der Waals surface area contributed by atoms with Gasteiger partial charge in [0, 0.05) is 0 Å². The highest BCUT2D eigenvalue weighted by Gasteiger charge is 2.44. The Balaban J connectivity index is 2.53. The van der Waals surface area contributed by atoms with Crippen molar-refractivity contribution in [2.45, 2.75) is 229 Å². The maximum atomic E-state index is 13.0. The molecule has 0 aliphatic carbocycles. The van der Waals surface area contributed by atoms with E-state index in [-0.39, 0.29) is 12.8 Å². The van der Waals surface area contributed by atoms with Crippen LogP contribution in [-0.4, -0.2) is 110 Å². The van der Waals surface area contributed by atoms with Crippen LogP contribution < -0.4 is 5.32 Å². The number of carbonyl (C=O) groups is 1. The quantitative estimate of drug-likeness (QED) is 0.0247. The molecule has 9 unspecified atom stereocenters. The summed E-state index contributed by atoms with van der Waals surface area (Å²) < 4.78 is 11.0. The number of unbranched alkanes of at least 4 members (excludes halogenated alkanes) is 18. The number of carbonyl (C=O) groups excluding carboxylic acids is 1. The lowest BCUT2D eigenvalue weighted by Crippen LogP contribution is -2.60. The van der Waals surface area contributed by atoms with E-state index >= 15 is 0 Å². The van der Waals surface area contributed by atoms with E-state index in [4.69, 9.17) is 9.47 Å². The molecule has 1 heterocycles. The molecule has 0 aromatic heterocycles. The second-order valence-corrected chi connectivity index (χ2v) is 15.7. The topological polar surface area (TPSA) is 189 Å². The highest BCUT2D eigenvalue weighted by molar-refractivity contribution is 5.80. The minimum atomic E-state index is -1.67. The Labute approximate surface area is 339 Å². The molecule has 1 amide bonds. The van der Waals surface area contributed by atoms with Crippen LogP contribution in [0.4, 0.5) is 0 Å². The maximum Gasteiger partial charge on any atom is 0.249 e. The second-order valence-electron chi connectivity index (χ2n) is 15.7. The number of ether oxygens (including phenoxy) is 2. The molecule has 9 atom stereocenters.